The standard InChI is InChI=1S/C16H25NO2/c1-2-15(18)14-8-3-4-9-16(14)19-13-7-12-17-10-5-6-11-17/h3-4,8-9,15,18H,2,5-7,10-13H2,1H3/t15-/m1/s1. The van der Waals surface area contributed by atoms with Crippen molar-refractivity contribution >= 4 is 0 Å². The Bertz CT molecular complexity index is 375. The molecule has 0 spiro atoms. The third kappa shape index (κ3) is 4.22. The Morgan fingerprint density at radius 1 is 1.26 bits per heavy atom. The van der Waals surface area contributed by atoms with Gasteiger partial charge in [0.25, 0.3) is 0 Å². The van der Waals surface area contributed by atoms with E-state index >= 15 is 0 Å². The minimum Gasteiger partial charge on any atom is -0.493 e. The van der Waals surface area contributed by atoms with Crippen LogP contribution in [0.25, 0.3) is 0 Å². The maximum absolute atomic E-state index is 9.95. The topological polar surface area (TPSA) is 32.7 Å². The van der Waals surface area contributed by atoms with Crippen molar-refractivity contribution in [2.45, 2.75) is 38.7 Å². The summed E-state index contributed by atoms with van der Waals surface area (Å²) < 4.78 is 5.83. The first-order valence-electron chi connectivity index (χ1n) is 7.43. The Morgan fingerprint density at radius 2 is 2.00 bits per heavy atom. The first-order chi connectivity index (χ1) is 9.31. The molecule has 2 rings (SSSR count). The number of likely N-dealkylation sites (tertiary alicyclic amines) is 1. The molecular formula is C16H25NO2. The zero-order valence-corrected chi connectivity index (χ0v) is 11.8. The molecule has 1 N–H and O–H groups in total. The molecule has 1 atom stereocenters. The van der Waals surface area contributed by atoms with E-state index in [0.29, 0.717) is 6.42 Å². The second-order valence-electron chi connectivity index (χ2n) is 5.21. The van der Waals surface area contributed by atoms with Crippen molar-refractivity contribution in [3.8, 4) is 5.75 Å². The quantitative estimate of drug-likeness (QED) is 0.768. The minimum absolute atomic E-state index is 0.421. The van der Waals surface area contributed by atoms with Crippen LogP contribution in [0.15, 0.2) is 24.3 Å². The predicted octanol–water partition coefficient (Wildman–Crippen LogP) is 2.99. The van der Waals surface area contributed by atoms with Crippen LogP contribution in [0.2, 0.25) is 0 Å². The fraction of sp³-hybridized carbons (Fsp3) is 0.625. The van der Waals surface area contributed by atoms with Crippen molar-refractivity contribution < 1.29 is 9.84 Å². The van der Waals surface area contributed by atoms with Gasteiger partial charge in [0.15, 0.2) is 0 Å². The molecule has 1 aliphatic rings. The van der Waals surface area contributed by atoms with Gasteiger partial charge in [-0.1, -0.05) is 25.1 Å². The highest BCUT2D eigenvalue weighted by atomic mass is 16.5. The van der Waals surface area contributed by atoms with E-state index in [4.69, 9.17) is 4.74 Å². The van der Waals surface area contributed by atoms with E-state index in [2.05, 4.69) is 4.90 Å². The van der Waals surface area contributed by atoms with Crippen molar-refractivity contribution in [3.63, 3.8) is 0 Å². The highest BCUT2D eigenvalue weighted by molar-refractivity contribution is 5.34. The molecule has 1 fully saturated rings. The lowest BCUT2D eigenvalue weighted by Gasteiger charge is -2.17. The van der Waals surface area contributed by atoms with Gasteiger partial charge in [0.1, 0.15) is 5.75 Å². The second-order valence-corrected chi connectivity index (χ2v) is 5.21. The maximum Gasteiger partial charge on any atom is 0.125 e. The fourth-order valence-corrected chi connectivity index (χ4v) is 2.58. The molecule has 0 bridgehead atoms. The van der Waals surface area contributed by atoms with Gasteiger partial charge in [-0.2, -0.15) is 0 Å². The van der Waals surface area contributed by atoms with Gasteiger partial charge in [-0.15, -0.1) is 0 Å². The molecule has 0 saturated carbocycles. The van der Waals surface area contributed by atoms with E-state index in [0.717, 1.165) is 30.9 Å². The summed E-state index contributed by atoms with van der Waals surface area (Å²) in [5, 5.41) is 9.95. The smallest absolute Gasteiger partial charge is 0.125 e. The number of hydrogen-bond acceptors (Lipinski definition) is 3. The molecule has 19 heavy (non-hydrogen) atoms. The van der Waals surface area contributed by atoms with E-state index in [1.54, 1.807) is 0 Å². The zero-order valence-electron chi connectivity index (χ0n) is 11.8. The molecule has 1 aromatic rings. The molecule has 1 aromatic carbocycles. The molecule has 0 unspecified atom stereocenters. The lowest BCUT2D eigenvalue weighted by atomic mass is 10.1. The molecule has 0 radical (unpaired) electrons. The van der Waals surface area contributed by atoms with Crippen LogP contribution in [0.3, 0.4) is 0 Å². The van der Waals surface area contributed by atoms with Crippen molar-refractivity contribution in [1.82, 2.24) is 4.90 Å². The average molecular weight is 263 g/mol. The van der Waals surface area contributed by atoms with Crippen LogP contribution in [0.4, 0.5) is 0 Å². The third-order valence-electron chi connectivity index (χ3n) is 3.74. The van der Waals surface area contributed by atoms with Crippen LogP contribution in [0, 0.1) is 0 Å². The number of para-hydroxylation sites is 1. The fourth-order valence-electron chi connectivity index (χ4n) is 2.58. The molecule has 0 amide bonds. The number of ether oxygens (including phenoxy) is 1. The van der Waals surface area contributed by atoms with Gasteiger partial charge in [0.2, 0.25) is 0 Å². The number of nitrogens with zero attached hydrogens (tertiary/aromatic N) is 1. The Hall–Kier alpha value is -1.06. The largest absolute Gasteiger partial charge is 0.493 e. The lowest BCUT2D eigenvalue weighted by molar-refractivity contribution is 0.166. The number of aliphatic hydroxyl groups is 1. The molecule has 0 aromatic heterocycles. The van der Waals surface area contributed by atoms with Crippen LogP contribution < -0.4 is 4.74 Å². The zero-order chi connectivity index (χ0) is 13.5. The van der Waals surface area contributed by atoms with Crippen LogP contribution >= 0.6 is 0 Å². The summed E-state index contributed by atoms with van der Waals surface area (Å²) >= 11 is 0. The van der Waals surface area contributed by atoms with Crippen molar-refractivity contribution in [1.29, 1.82) is 0 Å². The maximum atomic E-state index is 9.95. The molecule has 0 aliphatic carbocycles. The van der Waals surface area contributed by atoms with E-state index < -0.39 is 6.10 Å². The average Bonchev–Trinajstić information content (AvgIpc) is 2.96. The summed E-state index contributed by atoms with van der Waals surface area (Å²) in [7, 11) is 0. The number of aliphatic hydroxyl groups excluding tert-OH is 1. The van der Waals surface area contributed by atoms with E-state index in [1.165, 1.54) is 25.9 Å². The van der Waals surface area contributed by atoms with Gasteiger partial charge in [0.05, 0.1) is 12.7 Å². The van der Waals surface area contributed by atoms with Crippen LogP contribution in [0.1, 0.15) is 44.3 Å². The Kier molecular flexibility index (Phi) is 5.67. The monoisotopic (exact) mass is 263 g/mol. The lowest BCUT2D eigenvalue weighted by Crippen LogP contribution is -2.22. The summed E-state index contributed by atoms with van der Waals surface area (Å²) in [6.07, 6.45) is 4.03. The summed E-state index contributed by atoms with van der Waals surface area (Å²) in [5.41, 5.74) is 0.908. The van der Waals surface area contributed by atoms with Gasteiger partial charge in [0, 0.05) is 12.1 Å². The second kappa shape index (κ2) is 7.51. The molecule has 1 saturated heterocycles. The molecule has 3 nitrogen and oxygen atoms in total. The first kappa shape index (κ1) is 14.4. The SMILES string of the molecule is CC[C@@H](O)c1ccccc1OCCCN1CCCC1. The summed E-state index contributed by atoms with van der Waals surface area (Å²) in [5.74, 6) is 0.832. The van der Waals surface area contributed by atoms with Crippen molar-refractivity contribution in [2.75, 3.05) is 26.2 Å². The number of rotatable bonds is 7. The number of hydrogen-bond donors (Lipinski definition) is 1. The van der Waals surface area contributed by atoms with E-state index in [9.17, 15) is 5.11 Å². The van der Waals surface area contributed by atoms with Gasteiger partial charge in [-0.3, -0.25) is 0 Å². The normalized spacial score (nSPS) is 17.6. The van der Waals surface area contributed by atoms with E-state index in [1.807, 2.05) is 31.2 Å². The highest BCUT2D eigenvalue weighted by Gasteiger charge is 2.12. The van der Waals surface area contributed by atoms with Crippen LogP contribution in [-0.2, 0) is 0 Å². The Morgan fingerprint density at radius 3 is 2.74 bits per heavy atom. The van der Waals surface area contributed by atoms with Gasteiger partial charge in [-0.25, -0.2) is 0 Å². The molecular weight excluding hydrogens is 238 g/mol. The summed E-state index contributed by atoms with van der Waals surface area (Å²) in [6.45, 7) is 6.31. The van der Waals surface area contributed by atoms with Crippen molar-refractivity contribution in [3.05, 3.63) is 29.8 Å². The molecule has 3 heteroatoms. The van der Waals surface area contributed by atoms with Crippen molar-refractivity contribution in [2.24, 2.45) is 0 Å². The highest BCUT2D eigenvalue weighted by Crippen LogP contribution is 2.26. The predicted molar refractivity (Wildman–Crippen MR) is 77.5 cm³/mol. The first-order valence-corrected chi connectivity index (χ1v) is 7.43. The van der Waals surface area contributed by atoms with Crippen LogP contribution in [0.5, 0.6) is 5.75 Å². The van der Waals surface area contributed by atoms with E-state index in [-0.39, 0.29) is 0 Å². The summed E-state index contributed by atoms with van der Waals surface area (Å²) in [6, 6.07) is 7.81. The van der Waals surface area contributed by atoms with Gasteiger partial charge < -0.3 is 14.7 Å². The Labute approximate surface area is 116 Å². The minimum atomic E-state index is -0.421. The summed E-state index contributed by atoms with van der Waals surface area (Å²) in [4.78, 5) is 2.50. The number of benzene rings is 1. The molecule has 1 heterocycles. The third-order valence-corrected chi connectivity index (χ3v) is 3.74. The molecule has 106 valence electrons. The molecule has 1 aliphatic heterocycles. The Balaban J connectivity index is 1.78. The van der Waals surface area contributed by atoms with Crippen LogP contribution in [-0.4, -0.2) is 36.2 Å². The van der Waals surface area contributed by atoms with Gasteiger partial charge in [-0.05, 0) is 44.8 Å². The van der Waals surface area contributed by atoms with Gasteiger partial charge >= 0.3 is 0 Å².